The minimum atomic E-state index is 1.05. The predicted molar refractivity (Wildman–Crippen MR) is 87.8 cm³/mol. The molecule has 3 aliphatic rings. The van der Waals surface area contributed by atoms with E-state index in [0.717, 1.165) is 33.0 Å². The SMILES string of the molecule is CCN1CN(C)Cc2c1cc1c(c2C)N2CCCN(C1)C2. The van der Waals surface area contributed by atoms with Crippen LogP contribution in [0.2, 0.25) is 0 Å². The van der Waals surface area contributed by atoms with E-state index < -0.39 is 0 Å². The number of rotatable bonds is 1. The molecule has 1 aromatic rings. The summed E-state index contributed by atoms with van der Waals surface area (Å²) in [5.74, 6) is 0. The van der Waals surface area contributed by atoms with Crippen molar-refractivity contribution in [2.75, 3.05) is 49.8 Å². The van der Waals surface area contributed by atoms with Crippen molar-refractivity contribution in [3.8, 4) is 0 Å². The fourth-order valence-electron chi connectivity index (χ4n) is 4.32. The summed E-state index contributed by atoms with van der Waals surface area (Å²) in [6, 6.07) is 2.48. The highest BCUT2D eigenvalue weighted by Gasteiger charge is 2.31. The molecule has 4 heteroatoms. The predicted octanol–water partition coefficient (Wildman–Crippen LogP) is 2.21. The zero-order chi connectivity index (χ0) is 14.6. The van der Waals surface area contributed by atoms with Gasteiger partial charge in [-0.25, -0.2) is 0 Å². The molecule has 2 bridgehead atoms. The summed E-state index contributed by atoms with van der Waals surface area (Å²) in [7, 11) is 2.23. The molecule has 3 heterocycles. The highest BCUT2D eigenvalue weighted by atomic mass is 15.4. The molecule has 0 N–H and O–H groups in total. The van der Waals surface area contributed by atoms with Gasteiger partial charge in [0.1, 0.15) is 0 Å². The van der Waals surface area contributed by atoms with E-state index in [-0.39, 0.29) is 0 Å². The molecule has 0 radical (unpaired) electrons. The van der Waals surface area contributed by atoms with Crippen LogP contribution in [0.25, 0.3) is 0 Å². The Bertz CT molecular complexity index is 568. The van der Waals surface area contributed by atoms with Crippen molar-refractivity contribution in [1.29, 1.82) is 0 Å². The summed E-state index contributed by atoms with van der Waals surface area (Å²) in [5.41, 5.74) is 7.63. The number of hydrogen-bond donors (Lipinski definition) is 0. The van der Waals surface area contributed by atoms with Crippen LogP contribution < -0.4 is 9.80 Å². The summed E-state index contributed by atoms with van der Waals surface area (Å²) in [6.07, 6.45) is 1.30. The third-order valence-corrected chi connectivity index (χ3v) is 5.28. The van der Waals surface area contributed by atoms with Crippen LogP contribution in [-0.4, -0.2) is 49.8 Å². The maximum absolute atomic E-state index is 2.60. The van der Waals surface area contributed by atoms with Crippen molar-refractivity contribution in [3.63, 3.8) is 0 Å². The molecule has 0 aliphatic carbocycles. The van der Waals surface area contributed by atoms with E-state index in [1.165, 1.54) is 36.4 Å². The van der Waals surface area contributed by atoms with Gasteiger partial charge in [-0.15, -0.1) is 0 Å². The van der Waals surface area contributed by atoms with Crippen molar-refractivity contribution in [2.24, 2.45) is 0 Å². The van der Waals surface area contributed by atoms with Gasteiger partial charge in [0.25, 0.3) is 0 Å². The number of anilines is 2. The van der Waals surface area contributed by atoms with Crippen LogP contribution in [0.5, 0.6) is 0 Å². The summed E-state index contributed by atoms with van der Waals surface area (Å²) in [4.78, 5) is 10.1. The number of benzene rings is 1. The van der Waals surface area contributed by atoms with Crippen LogP contribution in [-0.2, 0) is 13.1 Å². The van der Waals surface area contributed by atoms with E-state index in [2.05, 4.69) is 46.6 Å². The molecule has 3 aliphatic heterocycles. The Labute approximate surface area is 127 Å². The van der Waals surface area contributed by atoms with E-state index >= 15 is 0 Å². The summed E-state index contributed by atoms with van der Waals surface area (Å²) in [5, 5.41) is 0. The zero-order valence-corrected chi connectivity index (χ0v) is 13.5. The topological polar surface area (TPSA) is 13.0 Å². The first-order valence-electron chi connectivity index (χ1n) is 8.23. The molecular weight excluding hydrogens is 260 g/mol. The van der Waals surface area contributed by atoms with Gasteiger partial charge in [0.2, 0.25) is 0 Å². The monoisotopic (exact) mass is 286 g/mol. The summed E-state index contributed by atoms with van der Waals surface area (Å²) in [6.45, 7) is 12.6. The van der Waals surface area contributed by atoms with Gasteiger partial charge < -0.3 is 9.80 Å². The van der Waals surface area contributed by atoms with Gasteiger partial charge in [-0.1, -0.05) is 0 Å². The van der Waals surface area contributed by atoms with Crippen LogP contribution in [0.15, 0.2) is 6.07 Å². The normalized spacial score (nSPS) is 24.8. The Morgan fingerprint density at radius 3 is 2.81 bits per heavy atom. The molecule has 1 aromatic carbocycles. The quantitative estimate of drug-likeness (QED) is 0.784. The van der Waals surface area contributed by atoms with Crippen LogP contribution in [0.1, 0.15) is 30.0 Å². The highest BCUT2D eigenvalue weighted by molar-refractivity contribution is 5.72. The number of hydrogen-bond acceptors (Lipinski definition) is 4. The van der Waals surface area contributed by atoms with E-state index in [0.29, 0.717) is 0 Å². The highest BCUT2D eigenvalue weighted by Crippen LogP contribution is 2.41. The van der Waals surface area contributed by atoms with Crippen LogP contribution in [0.3, 0.4) is 0 Å². The minimum absolute atomic E-state index is 1.05. The Hall–Kier alpha value is -1.26. The molecule has 0 aromatic heterocycles. The van der Waals surface area contributed by atoms with Gasteiger partial charge in [0, 0.05) is 44.1 Å². The molecule has 4 nitrogen and oxygen atoms in total. The van der Waals surface area contributed by atoms with Crippen molar-refractivity contribution < 1.29 is 0 Å². The van der Waals surface area contributed by atoms with Gasteiger partial charge in [-0.05, 0) is 50.1 Å². The zero-order valence-electron chi connectivity index (χ0n) is 13.5. The molecule has 114 valence electrons. The van der Waals surface area contributed by atoms with Gasteiger partial charge in [-0.2, -0.15) is 0 Å². The molecule has 21 heavy (non-hydrogen) atoms. The lowest BCUT2D eigenvalue weighted by Gasteiger charge is -2.46. The third kappa shape index (κ3) is 2.04. The largest absolute Gasteiger partial charge is 0.359 e. The Kier molecular flexibility index (Phi) is 3.12. The summed E-state index contributed by atoms with van der Waals surface area (Å²) < 4.78 is 0. The van der Waals surface area contributed by atoms with Gasteiger partial charge in [0.15, 0.2) is 0 Å². The smallest absolute Gasteiger partial charge is 0.0710 e. The van der Waals surface area contributed by atoms with Gasteiger partial charge in [-0.3, -0.25) is 9.80 Å². The van der Waals surface area contributed by atoms with Crippen LogP contribution in [0.4, 0.5) is 11.4 Å². The fourth-order valence-corrected chi connectivity index (χ4v) is 4.32. The molecular formula is C17H26N4. The van der Waals surface area contributed by atoms with E-state index in [4.69, 9.17) is 0 Å². The third-order valence-electron chi connectivity index (χ3n) is 5.28. The van der Waals surface area contributed by atoms with Crippen molar-refractivity contribution in [3.05, 3.63) is 22.8 Å². The number of fused-ring (bicyclic) bond motifs is 5. The average Bonchev–Trinajstić information content (AvgIpc) is 2.47. The molecule has 0 saturated carbocycles. The van der Waals surface area contributed by atoms with E-state index in [1.54, 1.807) is 11.1 Å². The Balaban J connectivity index is 1.86. The molecule has 1 fully saturated rings. The van der Waals surface area contributed by atoms with E-state index in [1.807, 2.05) is 0 Å². The standard InChI is InChI=1S/C17H26N4/c1-4-20-11-18(3)10-15-13(2)17-14(8-16(15)20)9-19-6-5-7-21(17)12-19/h8H,4-7,9-12H2,1-3H3. The number of nitrogens with zero attached hydrogens (tertiary/aromatic N) is 4. The summed E-state index contributed by atoms with van der Waals surface area (Å²) >= 11 is 0. The molecule has 1 unspecified atom stereocenters. The second-order valence-electron chi connectivity index (χ2n) is 6.83. The molecule has 1 atom stereocenters. The van der Waals surface area contributed by atoms with Crippen molar-refractivity contribution >= 4 is 11.4 Å². The molecule has 1 saturated heterocycles. The first-order chi connectivity index (χ1) is 10.2. The average molecular weight is 286 g/mol. The molecule has 0 spiro atoms. The lowest BCUT2D eigenvalue weighted by molar-refractivity contribution is 0.219. The van der Waals surface area contributed by atoms with Gasteiger partial charge in [0.05, 0.1) is 13.3 Å². The first-order valence-corrected chi connectivity index (χ1v) is 8.23. The second-order valence-corrected chi connectivity index (χ2v) is 6.83. The molecule has 4 rings (SSSR count). The molecule has 0 amide bonds. The first kappa shape index (κ1) is 13.4. The maximum atomic E-state index is 2.60. The lowest BCUT2D eigenvalue weighted by atomic mass is 9.94. The van der Waals surface area contributed by atoms with Crippen molar-refractivity contribution in [1.82, 2.24) is 9.80 Å². The van der Waals surface area contributed by atoms with Crippen molar-refractivity contribution in [2.45, 2.75) is 33.4 Å². The minimum Gasteiger partial charge on any atom is -0.359 e. The Morgan fingerprint density at radius 2 is 2.00 bits per heavy atom. The van der Waals surface area contributed by atoms with Gasteiger partial charge >= 0.3 is 0 Å². The van der Waals surface area contributed by atoms with Crippen LogP contribution in [0, 0.1) is 6.92 Å². The van der Waals surface area contributed by atoms with E-state index in [9.17, 15) is 0 Å². The maximum Gasteiger partial charge on any atom is 0.0710 e. The lowest BCUT2D eigenvalue weighted by Crippen LogP contribution is -2.49. The Morgan fingerprint density at radius 1 is 1.14 bits per heavy atom. The fraction of sp³-hybridized carbons (Fsp3) is 0.647. The second kappa shape index (κ2) is 4.89. The van der Waals surface area contributed by atoms with Crippen LogP contribution >= 0.6 is 0 Å².